The van der Waals surface area contributed by atoms with Crippen LogP contribution in [0.15, 0.2) is 5.57 Å². The molecule has 1 rings (SSSR count). The van der Waals surface area contributed by atoms with Crippen LogP contribution >= 0.6 is 11.6 Å². The van der Waals surface area contributed by atoms with Crippen LogP contribution in [0.5, 0.6) is 0 Å². The summed E-state index contributed by atoms with van der Waals surface area (Å²) in [6.07, 6.45) is 3.21. The molecule has 18 heavy (non-hydrogen) atoms. The highest BCUT2D eigenvalue weighted by atomic mass is 35.5. The van der Waals surface area contributed by atoms with Crippen LogP contribution in [-0.2, 0) is 11.3 Å². The third-order valence-electron chi connectivity index (χ3n) is 2.47. The first kappa shape index (κ1) is 14.3. The average Bonchev–Trinajstić information content (AvgIpc) is 2.59. The Bertz CT molecular complexity index is 526. The highest BCUT2D eigenvalue weighted by molar-refractivity contribution is 6.31. The molecule has 0 aliphatic rings. The molecule has 1 N–H and O–H groups in total. The number of hydrogen-bond donors (Lipinski definition) is 1. The van der Waals surface area contributed by atoms with Gasteiger partial charge in [-0.25, -0.2) is 4.79 Å². The Morgan fingerprint density at radius 2 is 2.33 bits per heavy atom. The SMILES string of the molecule is CCCCn1nc(C)c(/C=C(\C#N)C(=O)O)c1Cl. The zero-order valence-corrected chi connectivity index (χ0v) is 11.0. The van der Waals surface area contributed by atoms with Crippen molar-refractivity contribution in [1.29, 1.82) is 5.26 Å². The Kier molecular flexibility index (Phi) is 4.93. The second-order valence-corrected chi connectivity index (χ2v) is 4.20. The molecule has 1 heterocycles. The maximum Gasteiger partial charge on any atom is 0.346 e. The van der Waals surface area contributed by atoms with Crippen molar-refractivity contribution in [3.8, 4) is 6.07 Å². The Morgan fingerprint density at radius 3 is 2.83 bits per heavy atom. The van der Waals surface area contributed by atoms with E-state index >= 15 is 0 Å². The van der Waals surface area contributed by atoms with Crippen LogP contribution in [0.3, 0.4) is 0 Å². The molecular weight excluding hydrogens is 254 g/mol. The van der Waals surface area contributed by atoms with Crippen LogP contribution < -0.4 is 0 Å². The fourth-order valence-corrected chi connectivity index (χ4v) is 1.79. The number of nitriles is 1. The molecule has 5 nitrogen and oxygen atoms in total. The molecule has 0 spiro atoms. The van der Waals surface area contributed by atoms with Gasteiger partial charge in [-0.1, -0.05) is 24.9 Å². The Hall–Kier alpha value is -1.80. The van der Waals surface area contributed by atoms with E-state index in [9.17, 15) is 4.79 Å². The van der Waals surface area contributed by atoms with E-state index in [1.165, 1.54) is 6.08 Å². The summed E-state index contributed by atoms with van der Waals surface area (Å²) in [6, 6.07) is 1.62. The number of aromatic nitrogens is 2. The molecule has 0 aliphatic carbocycles. The second-order valence-electron chi connectivity index (χ2n) is 3.84. The zero-order valence-electron chi connectivity index (χ0n) is 10.3. The van der Waals surface area contributed by atoms with Crippen molar-refractivity contribution in [2.75, 3.05) is 0 Å². The van der Waals surface area contributed by atoms with Crippen LogP contribution in [0.2, 0.25) is 5.15 Å². The van der Waals surface area contributed by atoms with E-state index in [2.05, 4.69) is 12.0 Å². The number of hydrogen-bond acceptors (Lipinski definition) is 3. The van der Waals surface area contributed by atoms with Gasteiger partial charge in [0.15, 0.2) is 0 Å². The summed E-state index contributed by atoms with van der Waals surface area (Å²) in [6.45, 7) is 4.47. The molecule has 0 bridgehead atoms. The van der Waals surface area contributed by atoms with E-state index in [0.717, 1.165) is 12.8 Å². The molecule has 0 saturated heterocycles. The fraction of sp³-hybridized carbons (Fsp3) is 0.417. The Labute approximate surface area is 110 Å². The van der Waals surface area contributed by atoms with Gasteiger partial charge in [-0.3, -0.25) is 4.68 Å². The molecular formula is C12H14ClN3O2. The molecule has 0 amide bonds. The first-order valence-corrected chi connectivity index (χ1v) is 5.97. The minimum atomic E-state index is -1.27. The summed E-state index contributed by atoms with van der Waals surface area (Å²) in [5, 5.41) is 22.1. The zero-order chi connectivity index (χ0) is 13.7. The number of carbonyl (C=O) groups is 1. The van der Waals surface area contributed by atoms with E-state index in [1.807, 2.05) is 0 Å². The van der Waals surface area contributed by atoms with Gasteiger partial charge in [-0.05, 0) is 19.4 Å². The van der Waals surface area contributed by atoms with Crippen LogP contribution in [-0.4, -0.2) is 20.9 Å². The van der Waals surface area contributed by atoms with Gasteiger partial charge >= 0.3 is 5.97 Å². The van der Waals surface area contributed by atoms with Crippen LogP contribution in [0.25, 0.3) is 6.08 Å². The number of carboxylic acid groups (broad SMARTS) is 1. The van der Waals surface area contributed by atoms with Gasteiger partial charge in [-0.2, -0.15) is 10.4 Å². The summed E-state index contributed by atoms with van der Waals surface area (Å²) >= 11 is 6.12. The number of aliphatic carboxylic acids is 1. The van der Waals surface area contributed by atoms with Crippen LogP contribution in [0.1, 0.15) is 31.0 Å². The van der Waals surface area contributed by atoms with Crippen molar-refractivity contribution in [3.63, 3.8) is 0 Å². The van der Waals surface area contributed by atoms with Crippen molar-refractivity contribution < 1.29 is 9.90 Å². The minimum absolute atomic E-state index is 0.352. The fourth-order valence-electron chi connectivity index (χ4n) is 1.47. The van der Waals surface area contributed by atoms with Crippen molar-refractivity contribution in [3.05, 3.63) is 22.0 Å². The number of nitrogens with zero attached hydrogens (tertiary/aromatic N) is 3. The van der Waals surface area contributed by atoms with E-state index in [-0.39, 0.29) is 5.57 Å². The Morgan fingerprint density at radius 1 is 1.67 bits per heavy atom. The lowest BCUT2D eigenvalue weighted by Crippen LogP contribution is -2.00. The summed E-state index contributed by atoms with van der Waals surface area (Å²) in [5.41, 5.74) is 0.756. The number of rotatable bonds is 5. The van der Waals surface area contributed by atoms with Crippen molar-refractivity contribution in [1.82, 2.24) is 9.78 Å². The maximum atomic E-state index is 10.8. The van der Waals surface area contributed by atoms with Gasteiger partial charge in [0.1, 0.15) is 16.8 Å². The van der Waals surface area contributed by atoms with E-state index in [4.69, 9.17) is 22.0 Å². The number of carboxylic acids is 1. The molecule has 0 saturated carbocycles. The molecule has 1 aromatic heterocycles. The van der Waals surface area contributed by atoms with E-state index in [0.29, 0.717) is 23.0 Å². The van der Waals surface area contributed by atoms with E-state index < -0.39 is 5.97 Å². The molecule has 1 aromatic rings. The molecule has 0 unspecified atom stereocenters. The van der Waals surface area contributed by atoms with Crippen molar-refractivity contribution >= 4 is 23.6 Å². The third-order valence-corrected chi connectivity index (χ3v) is 2.87. The lowest BCUT2D eigenvalue weighted by atomic mass is 10.2. The van der Waals surface area contributed by atoms with Crippen molar-refractivity contribution in [2.45, 2.75) is 33.2 Å². The summed E-state index contributed by atoms with van der Waals surface area (Å²) in [5.74, 6) is -1.27. The second kappa shape index (κ2) is 6.22. The number of aryl methyl sites for hydroxylation is 2. The molecule has 6 heteroatoms. The first-order chi connectivity index (χ1) is 8.51. The Balaban J connectivity index is 3.15. The van der Waals surface area contributed by atoms with Crippen LogP contribution in [0, 0.1) is 18.3 Å². The highest BCUT2D eigenvalue weighted by Gasteiger charge is 2.14. The van der Waals surface area contributed by atoms with Crippen LogP contribution in [0.4, 0.5) is 0 Å². The predicted molar refractivity (Wildman–Crippen MR) is 68.1 cm³/mol. The summed E-state index contributed by atoms with van der Waals surface area (Å²) in [4.78, 5) is 10.8. The summed E-state index contributed by atoms with van der Waals surface area (Å²) in [7, 11) is 0. The molecule has 0 fully saturated rings. The topological polar surface area (TPSA) is 78.9 Å². The first-order valence-electron chi connectivity index (χ1n) is 5.59. The maximum absolute atomic E-state index is 10.8. The number of halogens is 1. The average molecular weight is 268 g/mol. The van der Waals surface area contributed by atoms with Gasteiger partial charge in [0.05, 0.1) is 5.69 Å². The molecule has 96 valence electrons. The molecule has 0 radical (unpaired) electrons. The van der Waals surface area contributed by atoms with E-state index in [1.54, 1.807) is 17.7 Å². The third kappa shape index (κ3) is 3.11. The van der Waals surface area contributed by atoms with Gasteiger partial charge < -0.3 is 5.11 Å². The highest BCUT2D eigenvalue weighted by Crippen LogP contribution is 2.23. The normalized spacial score (nSPS) is 11.3. The lowest BCUT2D eigenvalue weighted by molar-refractivity contribution is -0.132. The monoisotopic (exact) mass is 267 g/mol. The lowest BCUT2D eigenvalue weighted by Gasteiger charge is -2.00. The van der Waals surface area contributed by atoms with Gasteiger partial charge in [-0.15, -0.1) is 0 Å². The largest absolute Gasteiger partial charge is 0.477 e. The summed E-state index contributed by atoms with van der Waals surface area (Å²) < 4.78 is 1.63. The standard InChI is InChI=1S/C12H14ClN3O2/c1-3-4-5-16-11(13)10(8(2)15-16)6-9(7-14)12(17)18/h6H,3-5H2,1-2H3,(H,17,18)/b9-6+. The predicted octanol–water partition coefficient (Wildman–Crippen LogP) is 2.64. The molecule has 0 aromatic carbocycles. The van der Waals surface area contributed by atoms with Crippen molar-refractivity contribution in [2.24, 2.45) is 0 Å². The smallest absolute Gasteiger partial charge is 0.346 e. The van der Waals surface area contributed by atoms with Gasteiger partial charge in [0, 0.05) is 12.1 Å². The number of unbranched alkanes of at least 4 members (excludes halogenated alkanes) is 1. The quantitative estimate of drug-likeness (QED) is 0.657. The molecule has 0 atom stereocenters. The molecule has 0 aliphatic heterocycles. The van der Waals surface area contributed by atoms with Gasteiger partial charge in [0.25, 0.3) is 0 Å². The van der Waals surface area contributed by atoms with Gasteiger partial charge in [0.2, 0.25) is 0 Å². The minimum Gasteiger partial charge on any atom is -0.477 e.